The van der Waals surface area contributed by atoms with Crippen LogP contribution in [0.15, 0.2) is 102 Å². The first-order valence-corrected chi connectivity index (χ1v) is 15.6. The molecule has 42 heavy (non-hydrogen) atoms. The zero-order valence-electron chi connectivity index (χ0n) is 24.7. The van der Waals surface area contributed by atoms with E-state index in [4.69, 9.17) is 0 Å². The van der Waals surface area contributed by atoms with Crippen LogP contribution < -0.4 is 5.32 Å². The van der Waals surface area contributed by atoms with Gasteiger partial charge in [-0.2, -0.15) is 4.31 Å². The van der Waals surface area contributed by atoms with Crippen LogP contribution in [0.1, 0.15) is 30.5 Å². The van der Waals surface area contributed by atoms with E-state index in [1.807, 2.05) is 99.6 Å². The molecule has 0 saturated heterocycles. The predicted octanol–water partition coefficient (Wildman–Crippen LogP) is 5.18. The highest BCUT2D eigenvalue weighted by Gasteiger charge is 2.33. The van der Waals surface area contributed by atoms with Crippen LogP contribution in [0.4, 0.5) is 0 Å². The van der Waals surface area contributed by atoms with Gasteiger partial charge >= 0.3 is 0 Å². The van der Waals surface area contributed by atoms with Crippen molar-refractivity contribution in [3.63, 3.8) is 0 Å². The average molecular weight is 586 g/mol. The van der Waals surface area contributed by atoms with Crippen molar-refractivity contribution >= 4 is 32.6 Å². The third-order valence-electron chi connectivity index (χ3n) is 7.34. The highest BCUT2D eigenvalue weighted by molar-refractivity contribution is 7.89. The molecule has 0 aliphatic heterocycles. The van der Waals surface area contributed by atoms with Gasteiger partial charge in [-0.15, -0.1) is 0 Å². The molecule has 1 N–H and O–H groups in total. The lowest BCUT2D eigenvalue weighted by Gasteiger charge is -2.33. The Morgan fingerprint density at radius 3 is 2.17 bits per heavy atom. The van der Waals surface area contributed by atoms with Gasteiger partial charge in [0, 0.05) is 26.6 Å². The first-order valence-electron chi connectivity index (χ1n) is 14.2. The van der Waals surface area contributed by atoms with Gasteiger partial charge in [-0.3, -0.25) is 9.59 Å². The SMILES string of the molecule is Cc1ccccc1CN(C(=O)CN(C)S(=O)(=O)c1ccc2ccccc2c1)[C@@H](Cc1ccccc1)C(=O)NCC(C)C. The highest BCUT2D eigenvalue weighted by atomic mass is 32.2. The number of carbonyl (C=O) groups excluding carboxylic acids is 2. The van der Waals surface area contributed by atoms with E-state index in [-0.39, 0.29) is 23.3 Å². The second kappa shape index (κ2) is 13.8. The molecule has 7 nitrogen and oxygen atoms in total. The molecule has 0 aliphatic rings. The Kier molecular flexibility index (Phi) is 10.1. The molecule has 4 aromatic rings. The number of hydrogen-bond donors (Lipinski definition) is 1. The van der Waals surface area contributed by atoms with Gasteiger partial charge in [0.1, 0.15) is 6.04 Å². The number of amides is 2. The molecule has 0 aliphatic carbocycles. The lowest BCUT2D eigenvalue weighted by Crippen LogP contribution is -2.53. The molecule has 0 aromatic heterocycles. The molecule has 0 bridgehead atoms. The van der Waals surface area contributed by atoms with Crippen molar-refractivity contribution in [3.8, 4) is 0 Å². The van der Waals surface area contributed by atoms with Crippen molar-refractivity contribution < 1.29 is 18.0 Å². The molecule has 1 atom stereocenters. The Hall–Kier alpha value is -4.01. The number of benzene rings is 4. The van der Waals surface area contributed by atoms with Crippen molar-refractivity contribution in [1.29, 1.82) is 0 Å². The minimum atomic E-state index is -3.98. The zero-order valence-corrected chi connectivity index (χ0v) is 25.5. The second-order valence-corrected chi connectivity index (χ2v) is 13.1. The van der Waals surface area contributed by atoms with Gasteiger partial charge in [0.15, 0.2) is 0 Å². The van der Waals surface area contributed by atoms with Crippen LogP contribution in [0.2, 0.25) is 0 Å². The molecule has 0 unspecified atom stereocenters. The number of carbonyl (C=O) groups is 2. The Labute approximate surface area is 249 Å². The number of fused-ring (bicyclic) bond motifs is 1. The Morgan fingerprint density at radius 1 is 0.833 bits per heavy atom. The summed E-state index contributed by atoms with van der Waals surface area (Å²) in [5, 5.41) is 4.72. The number of nitrogens with one attached hydrogen (secondary N) is 1. The molecule has 2 amide bonds. The fraction of sp³-hybridized carbons (Fsp3) is 0.294. The van der Waals surface area contributed by atoms with Gasteiger partial charge in [0.2, 0.25) is 21.8 Å². The van der Waals surface area contributed by atoms with E-state index in [1.165, 1.54) is 11.9 Å². The molecular formula is C34H39N3O4S. The number of nitrogens with zero attached hydrogens (tertiary/aromatic N) is 2. The maximum absolute atomic E-state index is 14.1. The van der Waals surface area contributed by atoms with Gasteiger partial charge < -0.3 is 10.2 Å². The summed E-state index contributed by atoms with van der Waals surface area (Å²) < 4.78 is 28.3. The summed E-state index contributed by atoms with van der Waals surface area (Å²) in [5.74, 6) is -0.495. The monoisotopic (exact) mass is 585 g/mol. The molecule has 0 heterocycles. The lowest BCUT2D eigenvalue weighted by molar-refractivity contribution is -0.141. The maximum atomic E-state index is 14.1. The van der Waals surface area contributed by atoms with Crippen LogP contribution in [-0.4, -0.2) is 55.6 Å². The van der Waals surface area contributed by atoms with Gasteiger partial charge in [0.05, 0.1) is 11.4 Å². The quantitative estimate of drug-likeness (QED) is 0.248. The van der Waals surface area contributed by atoms with Gasteiger partial charge in [-0.1, -0.05) is 98.8 Å². The van der Waals surface area contributed by atoms with Gasteiger partial charge in [-0.05, 0) is 52.4 Å². The molecule has 8 heteroatoms. The van der Waals surface area contributed by atoms with E-state index in [0.29, 0.717) is 13.0 Å². The Bertz CT molecular complexity index is 1640. The molecule has 0 saturated carbocycles. The highest BCUT2D eigenvalue weighted by Crippen LogP contribution is 2.23. The largest absolute Gasteiger partial charge is 0.354 e. The third kappa shape index (κ3) is 7.63. The second-order valence-electron chi connectivity index (χ2n) is 11.1. The van der Waals surface area contributed by atoms with E-state index in [2.05, 4.69) is 5.32 Å². The van der Waals surface area contributed by atoms with Crippen LogP contribution in [0, 0.1) is 12.8 Å². The molecule has 220 valence electrons. The summed E-state index contributed by atoms with van der Waals surface area (Å²) in [6, 6.07) is 28.9. The van der Waals surface area contributed by atoms with Crippen molar-refractivity contribution in [1.82, 2.24) is 14.5 Å². The molecular weight excluding hydrogens is 546 g/mol. The molecule has 0 spiro atoms. The minimum Gasteiger partial charge on any atom is -0.354 e. The number of rotatable bonds is 12. The van der Waals surface area contributed by atoms with Crippen molar-refractivity contribution in [2.45, 2.75) is 44.7 Å². The fourth-order valence-corrected chi connectivity index (χ4v) is 5.98. The summed E-state index contributed by atoms with van der Waals surface area (Å²) in [5.41, 5.74) is 2.77. The van der Waals surface area contributed by atoms with E-state index >= 15 is 0 Å². The molecule has 4 aromatic carbocycles. The van der Waals surface area contributed by atoms with Gasteiger partial charge in [-0.25, -0.2) is 8.42 Å². The van der Waals surface area contributed by atoms with Crippen LogP contribution in [0.5, 0.6) is 0 Å². The minimum absolute atomic E-state index is 0.109. The topological polar surface area (TPSA) is 86.8 Å². The Balaban J connectivity index is 1.67. The summed E-state index contributed by atoms with van der Waals surface area (Å²) in [6.45, 7) is 6.20. The normalized spacial score (nSPS) is 12.4. The summed E-state index contributed by atoms with van der Waals surface area (Å²) in [7, 11) is -2.58. The van der Waals surface area contributed by atoms with E-state index < -0.39 is 28.5 Å². The predicted molar refractivity (Wildman–Crippen MR) is 167 cm³/mol. The van der Waals surface area contributed by atoms with Crippen LogP contribution in [0.3, 0.4) is 0 Å². The Morgan fingerprint density at radius 2 is 1.48 bits per heavy atom. The van der Waals surface area contributed by atoms with Crippen molar-refractivity contribution in [2.24, 2.45) is 5.92 Å². The van der Waals surface area contributed by atoms with Crippen LogP contribution >= 0.6 is 0 Å². The van der Waals surface area contributed by atoms with Crippen LogP contribution in [-0.2, 0) is 32.6 Å². The molecule has 0 fully saturated rings. The van der Waals surface area contributed by atoms with Crippen molar-refractivity contribution in [2.75, 3.05) is 20.1 Å². The standard InChI is InChI=1S/C34H39N3O4S/c1-25(2)22-35-34(39)32(20-27-13-6-5-7-14-27)37(23-30-17-9-8-12-26(30)3)33(38)24-36(4)42(40,41)31-19-18-28-15-10-11-16-29(28)21-31/h5-19,21,25,32H,20,22-24H2,1-4H3,(H,35,39)/t32-/m0/s1. The smallest absolute Gasteiger partial charge is 0.243 e. The maximum Gasteiger partial charge on any atom is 0.243 e. The summed E-state index contributed by atoms with van der Waals surface area (Å²) in [6.07, 6.45) is 0.295. The number of sulfonamides is 1. The first kappa shape index (κ1) is 30.9. The zero-order chi connectivity index (χ0) is 30.3. The average Bonchev–Trinajstić information content (AvgIpc) is 2.98. The molecule has 4 rings (SSSR count). The summed E-state index contributed by atoms with van der Waals surface area (Å²) in [4.78, 5) is 29.4. The van der Waals surface area contributed by atoms with E-state index in [0.717, 1.165) is 31.8 Å². The first-order chi connectivity index (χ1) is 20.1. The number of aryl methyl sites for hydroxylation is 1. The van der Waals surface area contributed by atoms with Gasteiger partial charge in [0.25, 0.3) is 0 Å². The third-order valence-corrected chi connectivity index (χ3v) is 9.14. The number of likely N-dealkylation sites (N-methyl/N-ethyl adjacent to an activating group) is 1. The number of hydrogen-bond acceptors (Lipinski definition) is 4. The van der Waals surface area contributed by atoms with E-state index in [1.54, 1.807) is 18.2 Å². The van der Waals surface area contributed by atoms with Crippen molar-refractivity contribution in [3.05, 3.63) is 114 Å². The lowest BCUT2D eigenvalue weighted by atomic mass is 10.0. The summed E-state index contributed by atoms with van der Waals surface area (Å²) >= 11 is 0. The molecule has 0 radical (unpaired) electrons. The van der Waals surface area contributed by atoms with Crippen LogP contribution in [0.25, 0.3) is 10.8 Å². The fourth-order valence-electron chi connectivity index (χ4n) is 4.82. The van der Waals surface area contributed by atoms with E-state index in [9.17, 15) is 18.0 Å².